The van der Waals surface area contributed by atoms with Crippen LogP contribution in [0.5, 0.6) is 0 Å². The van der Waals surface area contributed by atoms with E-state index in [4.69, 9.17) is 5.26 Å². The van der Waals surface area contributed by atoms with Crippen molar-refractivity contribution in [3.8, 4) is 6.07 Å². The summed E-state index contributed by atoms with van der Waals surface area (Å²) in [6, 6.07) is 2.85. The average molecular weight is 242 g/mol. The summed E-state index contributed by atoms with van der Waals surface area (Å²) >= 11 is 0. The average Bonchev–Trinajstić information content (AvgIpc) is 2.77. The zero-order valence-corrected chi connectivity index (χ0v) is 9.97. The van der Waals surface area contributed by atoms with Gasteiger partial charge in [-0.2, -0.15) is 5.26 Å². The molecule has 2 fully saturated rings. The normalized spacial score (nSPS) is 29.8. The van der Waals surface area contributed by atoms with Crippen molar-refractivity contribution in [1.82, 2.24) is 15.3 Å². The number of carbonyl (C=O) groups is 1. The molecule has 0 spiro atoms. The molecule has 2 aliphatic heterocycles. The summed E-state index contributed by atoms with van der Waals surface area (Å²) in [5.74, 6) is 0.315. The summed E-state index contributed by atoms with van der Waals surface area (Å²) in [5, 5.41) is 12.1. The molecule has 0 amide bonds. The van der Waals surface area contributed by atoms with Gasteiger partial charge < -0.3 is 5.32 Å². The minimum Gasteiger partial charge on any atom is -0.311 e. The van der Waals surface area contributed by atoms with Gasteiger partial charge in [-0.3, -0.25) is 4.79 Å². The maximum Gasteiger partial charge on any atom is 0.232 e. The first kappa shape index (κ1) is 11.3. The van der Waals surface area contributed by atoms with Crippen LogP contribution in [0.2, 0.25) is 0 Å². The molecule has 0 aromatic carbocycles. The van der Waals surface area contributed by atoms with E-state index in [1.807, 2.05) is 6.07 Å². The Kier molecular flexibility index (Phi) is 2.80. The van der Waals surface area contributed by atoms with E-state index in [9.17, 15) is 4.79 Å². The molecule has 2 bridgehead atoms. The Labute approximate surface area is 105 Å². The summed E-state index contributed by atoms with van der Waals surface area (Å²) < 4.78 is 0. The van der Waals surface area contributed by atoms with Crippen LogP contribution in [0.3, 0.4) is 0 Å². The van der Waals surface area contributed by atoms with Gasteiger partial charge in [0.05, 0.1) is 5.56 Å². The number of hydrogen-bond acceptors (Lipinski definition) is 5. The monoisotopic (exact) mass is 242 g/mol. The number of Topliss-reactive ketones (excluding diaryl/α,β-unsaturated/α-hetero) is 1. The Morgan fingerprint density at radius 1 is 1.28 bits per heavy atom. The molecule has 2 atom stereocenters. The summed E-state index contributed by atoms with van der Waals surface area (Å²) in [6.07, 6.45) is 7.12. The maximum atomic E-state index is 12.3. The van der Waals surface area contributed by atoms with E-state index in [1.54, 1.807) is 0 Å². The van der Waals surface area contributed by atoms with Gasteiger partial charge >= 0.3 is 0 Å². The number of rotatable bonds is 2. The van der Waals surface area contributed by atoms with Crippen molar-refractivity contribution in [3.05, 3.63) is 23.8 Å². The lowest BCUT2D eigenvalue weighted by Crippen LogP contribution is -2.40. The van der Waals surface area contributed by atoms with Crippen LogP contribution in [0, 0.1) is 17.2 Å². The van der Waals surface area contributed by atoms with Crippen LogP contribution in [0.4, 0.5) is 0 Å². The van der Waals surface area contributed by atoms with Gasteiger partial charge in [0.25, 0.3) is 0 Å². The van der Waals surface area contributed by atoms with Crippen LogP contribution in [-0.4, -0.2) is 27.8 Å². The van der Waals surface area contributed by atoms with Gasteiger partial charge in [0.2, 0.25) is 5.82 Å². The summed E-state index contributed by atoms with van der Waals surface area (Å²) in [4.78, 5) is 20.0. The molecule has 0 aliphatic carbocycles. The van der Waals surface area contributed by atoms with E-state index in [1.165, 1.54) is 25.2 Å². The quantitative estimate of drug-likeness (QED) is 0.784. The zero-order chi connectivity index (χ0) is 12.5. The first-order chi connectivity index (χ1) is 8.76. The lowest BCUT2D eigenvalue weighted by molar-refractivity contribution is 0.0875. The lowest BCUT2D eigenvalue weighted by atomic mass is 9.87. The molecule has 2 unspecified atom stereocenters. The van der Waals surface area contributed by atoms with Crippen molar-refractivity contribution < 1.29 is 4.79 Å². The number of carbonyl (C=O) groups excluding carboxylic acids is 1. The van der Waals surface area contributed by atoms with Gasteiger partial charge in [0, 0.05) is 30.4 Å². The molecule has 0 saturated carbocycles. The lowest BCUT2D eigenvalue weighted by Gasteiger charge is -2.27. The van der Waals surface area contributed by atoms with E-state index in [0.29, 0.717) is 17.6 Å². The molecule has 1 aromatic heterocycles. The number of ketones is 1. The number of nitrogens with one attached hydrogen (secondary N) is 1. The fourth-order valence-electron chi connectivity index (χ4n) is 3.02. The molecule has 5 nitrogen and oxygen atoms in total. The van der Waals surface area contributed by atoms with Gasteiger partial charge in [0.15, 0.2) is 5.78 Å². The van der Waals surface area contributed by atoms with Gasteiger partial charge in [-0.05, 0) is 25.7 Å². The fourth-order valence-corrected chi connectivity index (χ4v) is 3.02. The third kappa shape index (κ3) is 2.00. The third-order valence-electron chi connectivity index (χ3n) is 3.88. The molecule has 3 rings (SSSR count). The molecule has 1 N–H and O–H groups in total. The first-order valence-corrected chi connectivity index (χ1v) is 6.28. The van der Waals surface area contributed by atoms with Crippen LogP contribution in [-0.2, 0) is 0 Å². The predicted molar refractivity (Wildman–Crippen MR) is 63.7 cm³/mol. The second-order valence-electron chi connectivity index (χ2n) is 5.08. The van der Waals surface area contributed by atoms with Crippen LogP contribution in [0.25, 0.3) is 0 Å². The summed E-state index contributed by atoms with van der Waals surface area (Å²) in [6.45, 7) is 0. The standard InChI is InChI=1S/C13H14N4O/c14-5-12-15-6-9(7-16-12)13(18)8-3-10-1-2-11(4-8)17-10/h6-8,10-11,17H,1-4H2. The van der Waals surface area contributed by atoms with Gasteiger partial charge in [0.1, 0.15) is 6.07 Å². The number of fused-ring (bicyclic) bond motifs is 2. The Morgan fingerprint density at radius 2 is 1.89 bits per heavy atom. The second kappa shape index (κ2) is 4.46. The highest BCUT2D eigenvalue weighted by molar-refractivity contribution is 5.97. The molecular formula is C13H14N4O. The van der Waals surface area contributed by atoms with Crippen molar-refractivity contribution in [2.24, 2.45) is 5.92 Å². The summed E-state index contributed by atoms with van der Waals surface area (Å²) in [5.41, 5.74) is 0.528. The fraction of sp³-hybridized carbons (Fsp3) is 0.538. The second-order valence-corrected chi connectivity index (χ2v) is 5.08. The minimum atomic E-state index is 0.0836. The Balaban J connectivity index is 1.76. The number of piperidine rings is 1. The van der Waals surface area contributed by atoms with Crippen molar-refractivity contribution in [3.63, 3.8) is 0 Å². The highest BCUT2D eigenvalue weighted by Gasteiger charge is 2.36. The summed E-state index contributed by atoms with van der Waals surface area (Å²) in [7, 11) is 0. The number of aromatic nitrogens is 2. The van der Waals surface area contributed by atoms with Gasteiger partial charge in [-0.15, -0.1) is 0 Å². The number of nitrogens with zero attached hydrogens (tertiary/aromatic N) is 3. The molecule has 2 saturated heterocycles. The van der Waals surface area contributed by atoms with E-state index in [2.05, 4.69) is 15.3 Å². The number of nitriles is 1. The minimum absolute atomic E-state index is 0.0836. The SMILES string of the molecule is N#Cc1ncc(C(=O)C2CC3CCC(C2)N3)cn1. The first-order valence-electron chi connectivity index (χ1n) is 6.28. The Hall–Kier alpha value is -1.80. The van der Waals surface area contributed by atoms with E-state index < -0.39 is 0 Å². The molecule has 92 valence electrons. The molecule has 5 heteroatoms. The van der Waals surface area contributed by atoms with Gasteiger partial charge in [-0.25, -0.2) is 9.97 Å². The van der Waals surface area contributed by atoms with Crippen molar-refractivity contribution in [2.45, 2.75) is 37.8 Å². The zero-order valence-electron chi connectivity index (χ0n) is 9.97. The largest absolute Gasteiger partial charge is 0.311 e. The maximum absolute atomic E-state index is 12.3. The number of hydrogen-bond donors (Lipinski definition) is 1. The molecule has 0 radical (unpaired) electrons. The van der Waals surface area contributed by atoms with Crippen molar-refractivity contribution in [2.75, 3.05) is 0 Å². The smallest absolute Gasteiger partial charge is 0.232 e. The van der Waals surface area contributed by atoms with Crippen LogP contribution in [0.15, 0.2) is 12.4 Å². The molecule has 1 aromatic rings. The van der Waals surface area contributed by atoms with E-state index in [-0.39, 0.29) is 17.5 Å². The highest BCUT2D eigenvalue weighted by Crippen LogP contribution is 2.32. The van der Waals surface area contributed by atoms with Crippen LogP contribution < -0.4 is 5.32 Å². The van der Waals surface area contributed by atoms with E-state index in [0.717, 1.165) is 12.8 Å². The Bertz CT molecular complexity index is 493. The molecule has 3 heterocycles. The van der Waals surface area contributed by atoms with Gasteiger partial charge in [-0.1, -0.05) is 0 Å². The third-order valence-corrected chi connectivity index (χ3v) is 3.88. The predicted octanol–water partition coefficient (Wildman–Crippen LogP) is 1.06. The van der Waals surface area contributed by atoms with Crippen molar-refractivity contribution in [1.29, 1.82) is 5.26 Å². The molecule has 18 heavy (non-hydrogen) atoms. The Morgan fingerprint density at radius 3 is 2.44 bits per heavy atom. The highest BCUT2D eigenvalue weighted by atomic mass is 16.1. The van der Waals surface area contributed by atoms with E-state index >= 15 is 0 Å². The molecular weight excluding hydrogens is 228 g/mol. The van der Waals surface area contributed by atoms with Crippen LogP contribution in [0.1, 0.15) is 41.9 Å². The van der Waals surface area contributed by atoms with Crippen molar-refractivity contribution >= 4 is 5.78 Å². The van der Waals surface area contributed by atoms with Crippen LogP contribution >= 0.6 is 0 Å². The topological polar surface area (TPSA) is 78.7 Å². The molecule has 2 aliphatic rings.